The molecule has 2 N–H and O–H groups in total. The number of aryl methyl sites for hydroxylation is 1. The van der Waals surface area contributed by atoms with Crippen LogP contribution in [0.1, 0.15) is 35.5 Å². The molecule has 4 aromatic rings. The van der Waals surface area contributed by atoms with Gasteiger partial charge in [0.25, 0.3) is 5.69 Å². The lowest BCUT2D eigenvalue weighted by Crippen LogP contribution is -2.32. The molecule has 5 rings (SSSR count). The Balaban J connectivity index is 1.43. The van der Waals surface area contributed by atoms with Gasteiger partial charge in [0.2, 0.25) is 5.91 Å². The fourth-order valence-electron chi connectivity index (χ4n) is 4.62. The number of amides is 1. The Morgan fingerprint density at radius 1 is 1.13 bits per heavy atom. The van der Waals surface area contributed by atoms with Crippen molar-refractivity contribution < 1.29 is 14.1 Å². The molecule has 2 aromatic heterocycles. The van der Waals surface area contributed by atoms with E-state index in [0.717, 1.165) is 16.9 Å². The van der Waals surface area contributed by atoms with E-state index in [1.54, 1.807) is 36.5 Å². The van der Waals surface area contributed by atoms with Crippen LogP contribution in [0.4, 0.5) is 11.4 Å². The lowest BCUT2D eigenvalue weighted by Gasteiger charge is -2.25. The number of carbonyl (C=O) groups is 1. The minimum Gasteiger partial charge on any atom is -0.459 e. The first-order valence-electron chi connectivity index (χ1n) is 12.1. The quantitative estimate of drug-likeness (QED) is 0.174. The second-order valence-electron chi connectivity index (χ2n) is 8.96. The number of furan rings is 1. The van der Waals surface area contributed by atoms with Crippen molar-refractivity contribution in [2.75, 3.05) is 11.9 Å². The largest absolute Gasteiger partial charge is 0.459 e. The number of nitrogens with one attached hydrogen (secondary N) is 2. The molecule has 0 aliphatic carbocycles. The number of para-hydroxylation sites is 1. The number of aromatic nitrogens is 1. The molecule has 1 amide bonds. The molecule has 38 heavy (non-hydrogen) atoms. The summed E-state index contributed by atoms with van der Waals surface area (Å²) in [6.45, 7) is 2.30. The smallest absolute Gasteiger partial charge is 0.280 e. The first-order valence-corrected chi connectivity index (χ1v) is 12.5. The van der Waals surface area contributed by atoms with Gasteiger partial charge in [-0.2, -0.15) is 0 Å². The Hall–Kier alpha value is -4.57. The number of pyridine rings is 1. The number of nitro benzene ring substituents is 1. The predicted molar refractivity (Wildman–Crippen MR) is 147 cm³/mol. The number of hydrogen-bond donors (Lipinski definition) is 2. The van der Waals surface area contributed by atoms with Crippen LogP contribution >= 0.6 is 12.2 Å². The average Bonchev–Trinajstić information content (AvgIpc) is 3.52. The summed E-state index contributed by atoms with van der Waals surface area (Å²) in [5.41, 5.74) is 2.89. The summed E-state index contributed by atoms with van der Waals surface area (Å²) in [5.74, 6) is 0.792. The highest BCUT2D eigenvalue weighted by atomic mass is 32.1. The third kappa shape index (κ3) is 5.25. The van der Waals surface area contributed by atoms with E-state index in [9.17, 15) is 14.9 Å². The van der Waals surface area contributed by atoms with Crippen LogP contribution in [0.5, 0.6) is 0 Å². The van der Waals surface area contributed by atoms with Gasteiger partial charge in [-0.15, -0.1) is 0 Å². The van der Waals surface area contributed by atoms with Gasteiger partial charge < -0.3 is 20.0 Å². The Morgan fingerprint density at radius 3 is 2.71 bits per heavy atom. The predicted octanol–water partition coefficient (Wildman–Crippen LogP) is 5.56. The summed E-state index contributed by atoms with van der Waals surface area (Å²) in [6.07, 6.45) is 1.90. The van der Waals surface area contributed by atoms with Crippen molar-refractivity contribution in [3.05, 3.63) is 112 Å². The highest BCUT2D eigenvalue weighted by molar-refractivity contribution is 7.80. The molecule has 10 heteroatoms. The molecule has 0 bridgehead atoms. The minimum atomic E-state index is -0.431. The third-order valence-electron chi connectivity index (χ3n) is 6.36. The monoisotopic (exact) mass is 527 g/mol. The standard InChI is InChI=1S/C28H25N5O4S/c1-18-7-6-8-19(17-18)30-25(34)14-16-32-27(26(31-28(32)38)21-10-4-5-15-29-21)24-13-12-23(37-24)20-9-2-3-11-22(20)33(35)36/h2-13,15,17,26-27H,14,16H2,1H3,(H,30,34)(H,31,38)/t26-,27-/m1/s1. The van der Waals surface area contributed by atoms with E-state index >= 15 is 0 Å². The first kappa shape index (κ1) is 25.1. The summed E-state index contributed by atoms with van der Waals surface area (Å²) in [4.78, 5) is 30.3. The number of anilines is 1. The number of nitrogens with zero attached hydrogens (tertiary/aromatic N) is 3. The molecule has 0 radical (unpaired) electrons. The van der Waals surface area contributed by atoms with Gasteiger partial charge in [0.1, 0.15) is 17.6 Å². The number of thiocarbonyl (C=S) groups is 1. The molecule has 3 heterocycles. The van der Waals surface area contributed by atoms with Gasteiger partial charge in [-0.25, -0.2) is 0 Å². The van der Waals surface area contributed by atoms with Crippen LogP contribution < -0.4 is 10.6 Å². The summed E-state index contributed by atoms with van der Waals surface area (Å²) in [7, 11) is 0. The Morgan fingerprint density at radius 2 is 1.95 bits per heavy atom. The van der Waals surface area contributed by atoms with Crippen LogP contribution in [-0.4, -0.2) is 32.4 Å². The van der Waals surface area contributed by atoms with E-state index in [2.05, 4.69) is 15.6 Å². The van der Waals surface area contributed by atoms with E-state index < -0.39 is 11.0 Å². The second-order valence-corrected chi connectivity index (χ2v) is 9.35. The van der Waals surface area contributed by atoms with Crippen LogP contribution in [-0.2, 0) is 4.79 Å². The van der Waals surface area contributed by atoms with E-state index in [0.29, 0.717) is 28.7 Å². The molecule has 1 saturated heterocycles. The van der Waals surface area contributed by atoms with Crippen LogP contribution in [0.25, 0.3) is 11.3 Å². The SMILES string of the molecule is Cc1cccc(NC(=O)CCN2C(=S)N[C@H](c3ccccn3)[C@H]2c2ccc(-c3ccccc3[N+](=O)[O-])o2)c1. The second kappa shape index (κ2) is 10.8. The first-order chi connectivity index (χ1) is 18.4. The molecular formula is C28H25N5O4S. The van der Waals surface area contributed by atoms with Crippen LogP contribution in [0.3, 0.4) is 0 Å². The van der Waals surface area contributed by atoms with E-state index in [1.165, 1.54) is 6.07 Å². The van der Waals surface area contributed by atoms with Gasteiger partial charge in [-0.3, -0.25) is 19.9 Å². The molecular weight excluding hydrogens is 502 g/mol. The third-order valence-corrected chi connectivity index (χ3v) is 6.72. The molecule has 0 spiro atoms. The van der Waals surface area contributed by atoms with Crippen molar-refractivity contribution in [3.8, 4) is 11.3 Å². The van der Waals surface area contributed by atoms with Crippen molar-refractivity contribution in [2.45, 2.75) is 25.4 Å². The lowest BCUT2D eigenvalue weighted by molar-refractivity contribution is -0.384. The number of benzene rings is 2. The van der Waals surface area contributed by atoms with Crippen molar-refractivity contribution in [1.29, 1.82) is 0 Å². The Labute approximate surface area is 224 Å². The summed E-state index contributed by atoms with van der Waals surface area (Å²) >= 11 is 5.67. The number of rotatable bonds is 8. The van der Waals surface area contributed by atoms with E-state index in [1.807, 2.05) is 54.3 Å². The van der Waals surface area contributed by atoms with Gasteiger partial charge in [0.05, 0.1) is 22.2 Å². The van der Waals surface area contributed by atoms with Crippen LogP contribution in [0.15, 0.2) is 89.5 Å². The van der Waals surface area contributed by atoms with E-state index in [-0.39, 0.29) is 24.1 Å². The topological polar surface area (TPSA) is 114 Å². The Kier molecular flexibility index (Phi) is 7.14. The van der Waals surface area contributed by atoms with Crippen molar-refractivity contribution in [3.63, 3.8) is 0 Å². The number of nitro groups is 1. The van der Waals surface area contributed by atoms with Gasteiger partial charge >= 0.3 is 0 Å². The van der Waals surface area contributed by atoms with Gasteiger partial charge in [0.15, 0.2) is 5.11 Å². The molecule has 0 saturated carbocycles. The maximum atomic E-state index is 12.8. The highest BCUT2D eigenvalue weighted by Crippen LogP contribution is 2.41. The normalized spacial score (nSPS) is 16.8. The number of hydrogen-bond acceptors (Lipinski definition) is 6. The van der Waals surface area contributed by atoms with Crippen molar-refractivity contribution >= 4 is 34.6 Å². The zero-order valence-electron chi connectivity index (χ0n) is 20.5. The molecule has 1 aliphatic heterocycles. The van der Waals surface area contributed by atoms with Gasteiger partial charge in [0, 0.05) is 30.9 Å². The average molecular weight is 528 g/mol. The molecule has 1 fully saturated rings. The summed E-state index contributed by atoms with van der Waals surface area (Å²) in [5, 5.41) is 18.3. The van der Waals surface area contributed by atoms with Crippen molar-refractivity contribution in [2.24, 2.45) is 0 Å². The van der Waals surface area contributed by atoms with Crippen LogP contribution in [0, 0.1) is 17.0 Å². The maximum Gasteiger partial charge on any atom is 0.280 e. The number of carbonyl (C=O) groups excluding carboxylic acids is 1. The van der Waals surface area contributed by atoms with Crippen LogP contribution in [0.2, 0.25) is 0 Å². The van der Waals surface area contributed by atoms with Crippen molar-refractivity contribution in [1.82, 2.24) is 15.2 Å². The fourth-order valence-corrected chi connectivity index (χ4v) is 4.95. The zero-order valence-corrected chi connectivity index (χ0v) is 21.4. The molecule has 2 aromatic carbocycles. The molecule has 192 valence electrons. The molecule has 0 unspecified atom stereocenters. The molecule has 2 atom stereocenters. The van der Waals surface area contributed by atoms with Gasteiger partial charge in [-0.05, 0) is 67.2 Å². The molecule has 1 aliphatic rings. The summed E-state index contributed by atoms with van der Waals surface area (Å²) < 4.78 is 6.22. The minimum absolute atomic E-state index is 0.0422. The Bertz CT molecular complexity index is 1490. The highest BCUT2D eigenvalue weighted by Gasteiger charge is 2.41. The summed E-state index contributed by atoms with van der Waals surface area (Å²) in [6, 6.07) is 22.4. The molecule has 9 nitrogen and oxygen atoms in total. The van der Waals surface area contributed by atoms with E-state index in [4.69, 9.17) is 16.6 Å². The zero-order chi connectivity index (χ0) is 26.6. The lowest BCUT2D eigenvalue weighted by atomic mass is 10.0. The van der Waals surface area contributed by atoms with Gasteiger partial charge in [-0.1, -0.05) is 30.3 Å². The maximum absolute atomic E-state index is 12.8. The fraction of sp³-hybridized carbons (Fsp3) is 0.179.